The number of sulfonamides is 1. The van der Waals surface area contributed by atoms with Gasteiger partial charge in [-0.3, -0.25) is 9.59 Å². The van der Waals surface area contributed by atoms with Gasteiger partial charge in [-0.25, -0.2) is 26.9 Å². The summed E-state index contributed by atoms with van der Waals surface area (Å²) in [5, 5.41) is 2.50. The number of benzene rings is 2. The number of nitrogens with zero attached hydrogens (tertiary/aromatic N) is 1. The molecule has 0 aliphatic carbocycles. The Balaban J connectivity index is 1.77. The van der Waals surface area contributed by atoms with Gasteiger partial charge in [-0.2, -0.15) is 0 Å². The van der Waals surface area contributed by atoms with Crippen LogP contribution < -0.4 is 21.3 Å². The van der Waals surface area contributed by atoms with Crippen LogP contribution in [0.2, 0.25) is 9.36 Å². The number of thiophene rings is 1. The Kier molecular flexibility index (Phi) is 6.25. The number of aromatic amines is 1. The van der Waals surface area contributed by atoms with E-state index in [4.69, 9.17) is 23.2 Å². The summed E-state index contributed by atoms with van der Waals surface area (Å²) in [6.07, 6.45) is 0. The van der Waals surface area contributed by atoms with Crippen molar-refractivity contribution in [2.75, 3.05) is 12.4 Å². The highest BCUT2D eigenvalue weighted by atomic mass is 35.5. The average molecular weight is 543 g/mol. The summed E-state index contributed by atoms with van der Waals surface area (Å²) in [4.78, 5) is 40.5. The molecule has 2 aromatic heterocycles. The minimum atomic E-state index is -4.26. The molecule has 9 nitrogen and oxygen atoms in total. The monoisotopic (exact) mass is 542 g/mol. The van der Waals surface area contributed by atoms with Crippen LogP contribution in [-0.2, 0) is 10.0 Å². The zero-order valence-electron chi connectivity index (χ0n) is 17.0. The van der Waals surface area contributed by atoms with Crippen molar-refractivity contribution in [2.45, 2.75) is 4.21 Å². The summed E-state index contributed by atoms with van der Waals surface area (Å²) in [5.41, 5.74) is -1.96. The molecule has 0 saturated carbocycles. The molecule has 0 unspecified atom stereocenters. The molecule has 0 fully saturated rings. The number of fused-ring (bicyclic) bond motifs is 1. The lowest BCUT2D eigenvalue weighted by Crippen LogP contribution is -2.35. The molecule has 0 radical (unpaired) electrons. The first-order valence-corrected chi connectivity index (χ1v) is 12.4. The van der Waals surface area contributed by atoms with E-state index in [2.05, 4.69) is 10.3 Å². The van der Waals surface area contributed by atoms with E-state index in [1.165, 1.54) is 24.3 Å². The maximum Gasteiger partial charge on any atom is 0.333 e. The van der Waals surface area contributed by atoms with Crippen LogP contribution in [0.5, 0.6) is 0 Å². The molecule has 4 rings (SSSR count). The lowest BCUT2D eigenvalue weighted by molar-refractivity contribution is 0.0981. The van der Waals surface area contributed by atoms with Gasteiger partial charge in [0.1, 0.15) is 15.7 Å². The van der Waals surface area contributed by atoms with Crippen LogP contribution in [-0.4, -0.2) is 30.9 Å². The molecular formula is C20H13Cl2FN4O5S2. The first-order valence-electron chi connectivity index (χ1n) is 9.30. The number of aromatic nitrogens is 2. The van der Waals surface area contributed by atoms with E-state index < -0.39 is 49.3 Å². The second kappa shape index (κ2) is 8.87. The van der Waals surface area contributed by atoms with Gasteiger partial charge in [-0.1, -0.05) is 23.2 Å². The van der Waals surface area contributed by atoms with E-state index >= 15 is 4.39 Å². The summed E-state index contributed by atoms with van der Waals surface area (Å²) in [6, 6.07) is 8.76. The first kappa shape index (κ1) is 24.0. The Morgan fingerprint density at radius 2 is 1.85 bits per heavy atom. The maximum atomic E-state index is 15.0. The molecular weight excluding hydrogens is 530 g/mol. The highest BCUT2D eigenvalue weighted by Gasteiger charge is 2.24. The Morgan fingerprint density at radius 3 is 2.47 bits per heavy atom. The fourth-order valence-corrected chi connectivity index (χ4v) is 5.91. The van der Waals surface area contributed by atoms with Crippen molar-refractivity contribution in [1.82, 2.24) is 14.3 Å². The molecule has 2 aromatic carbocycles. The third kappa shape index (κ3) is 4.32. The second-order valence-corrected chi connectivity index (χ2v) is 10.9. The van der Waals surface area contributed by atoms with E-state index in [1.54, 1.807) is 17.8 Å². The van der Waals surface area contributed by atoms with Gasteiger partial charge >= 0.3 is 5.69 Å². The number of anilines is 1. The minimum absolute atomic E-state index is 0.0941. The van der Waals surface area contributed by atoms with Crippen molar-refractivity contribution < 1.29 is 17.6 Å². The van der Waals surface area contributed by atoms with E-state index in [-0.39, 0.29) is 19.4 Å². The van der Waals surface area contributed by atoms with Crippen LogP contribution in [0.1, 0.15) is 10.4 Å². The second-order valence-electron chi connectivity index (χ2n) is 6.86. The van der Waals surface area contributed by atoms with Gasteiger partial charge < -0.3 is 10.3 Å². The molecule has 0 atom stereocenters. The van der Waals surface area contributed by atoms with E-state index in [9.17, 15) is 22.8 Å². The van der Waals surface area contributed by atoms with Crippen LogP contribution in [0.3, 0.4) is 0 Å². The number of hydrogen-bond acceptors (Lipinski definition) is 7. The normalized spacial score (nSPS) is 11.5. The van der Waals surface area contributed by atoms with Crippen LogP contribution in [0.4, 0.5) is 10.1 Å². The van der Waals surface area contributed by atoms with Crippen molar-refractivity contribution in [1.29, 1.82) is 0 Å². The molecule has 0 saturated heterocycles. The van der Waals surface area contributed by atoms with Crippen molar-refractivity contribution in [3.8, 4) is 5.69 Å². The predicted molar refractivity (Wildman–Crippen MR) is 129 cm³/mol. The SMILES string of the molecule is CNc1ccc2c(=O)n(-c3c(F)cc(C(=O)NS(=O)(=O)c4ccc(Cl)s4)cc3Cl)c(=O)[nH]c2c1. The third-order valence-corrected chi connectivity index (χ3v) is 8.07. The van der Waals surface area contributed by atoms with Gasteiger partial charge in [0.05, 0.1) is 20.3 Å². The largest absolute Gasteiger partial charge is 0.388 e. The van der Waals surface area contributed by atoms with Crippen molar-refractivity contribution >= 4 is 67.1 Å². The highest BCUT2D eigenvalue weighted by molar-refractivity contribution is 7.92. The number of rotatable bonds is 5. The van der Waals surface area contributed by atoms with Crippen molar-refractivity contribution in [2.24, 2.45) is 0 Å². The van der Waals surface area contributed by atoms with E-state index in [1.807, 2.05) is 0 Å². The minimum Gasteiger partial charge on any atom is -0.388 e. The Bertz CT molecular complexity index is 1670. The van der Waals surface area contributed by atoms with Crippen LogP contribution >= 0.6 is 34.5 Å². The van der Waals surface area contributed by atoms with Crippen LogP contribution in [0, 0.1) is 5.82 Å². The third-order valence-electron chi connectivity index (χ3n) is 4.73. The van der Waals surface area contributed by atoms with Gasteiger partial charge in [0.15, 0.2) is 0 Å². The topological polar surface area (TPSA) is 130 Å². The average Bonchev–Trinajstić information content (AvgIpc) is 3.22. The predicted octanol–water partition coefficient (Wildman–Crippen LogP) is 3.35. The van der Waals surface area contributed by atoms with Crippen molar-refractivity contribution in [3.05, 3.63) is 84.0 Å². The lowest BCUT2D eigenvalue weighted by Gasteiger charge is -2.12. The molecule has 0 spiro atoms. The molecule has 0 aliphatic heterocycles. The fourth-order valence-electron chi connectivity index (χ4n) is 3.16. The maximum absolute atomic E-state index is 15.0. The van der Waals surface area contributed by atoms with Crippen molar-refractivity contribution in [3.63, 3.8) is 0 Å². The van der Waals surface area contributed by atoms with Crippen LogP contribution in [0.15, 0.2) is 56.3 Å². The Morgan fingerprint density at radius 1 is 1.12 bits per heavy atom. The van der Waals surface area contributed by atoms with Gasteiger partial charge in [0, 0.05) is 18.3 Å². The number of halogens is 3. The summed E-state index contributed by atoms with van der Waals surface area (Å²) in [6.45, 7) is 0. The molecule has 14 heteroatoms. The standard InChI is InChI=1S/C20H13Cl2FN4O5S2/c1-24-10-2-3-11-14(8-10)25-20(30)27(19(11)29)17-12(21)6-9(7-13(17)23)18(28)26-34(31,32)16-5-4-15(22)33-16/h2-8,24H,1H3,(H,25,30)(H,26,28). The summed E-state index contributed by atoms with van der Waals surface area (Å²) in [5.74, 6) is -2.36. The number of nitrogens with one attached hydrogen (secondary N) is 3. The van der Waals surface area contributed by atoms with Crippen LogP contribution in [0.25, 0.3) is 16.6 Å². The number of carbonyl (C=O) groups is 1. The van der Waals surface area contributed by atoms with Gasteiger partial charge in [0.25, 0.3) is 21.5 Å². The molecule has 1 amide bonds. The molecule has 4 aromatic rings. The molecule has 0 bridgehead atoms. The van der Waals surface area contributed by atoms with Gasteiger partial charge in [-0.15, -0.1) is 11.3 Å². The first-order chi connectivity index (χ1) is 16.0. The molecule has 0 aliphatic rings. The quantitative estimate of drug-likeness (QED) is 0.354. The Hall–Kier alpha value is -3.19. The van der Waals surface area contributed by atoms with Gasteiger partial charge in [-0.05, 0) is 42.5 Å². The number of hydrogen-bond donors (Lipinski definition) is 3. The molecule has 34 heavy (non-hydrogen) atoms. The molecule has 176 valence electrons. The Labute approximate surface area is 204 Å². The molecule has 2 heterocycles. The van der Waals surface area contributed by atoms with E-state index in [0.29, 0.717) is 16.3 Å². The summed E-state index contributed by atoms with van der Waals surface area (Å²) in [7, 11) is -2.60. The smallest absolute Gasteiger partial charge is 0.333 e. The van der Waals surface area contributed by atoms with Gasteiger partial charge in [0.2, 0.25) is 0 Å². The number of amides is 1. The highest BCUT2D eigenvalue weighted by Crippen LogP contribution is 2.27. The fraction of sp³-hybridized carbons (Fsp3) is 0.0500. The number of H-pyrrole nitrogens is 1. The summed E-state index contributed by atoms with van der Waals surface area (Å²) >= 11 is 12.6. The number of carbonyl (C=O) groups excluding carboxylic acids is 1. The summed E-state index contributed by atoms with van der Waals surface area (Å²) < 4.78 is 42.0. The van der Waals surface area contributed by atoms with E-state index in [0.717, 1.165) is 17.4 Å². The lowest BCUT2D eigenvalue weighted by atomic mass is 10.1. The zero-order valence-corrected chi connectivity index (χ0v) is 20.1. The zero-order chi connectivity index (χ0) is 24.8. The molecule has 3 N–H and O–H groups in total.